The number of amides is 1. The van der Waals surface area contributed by atoms with Gasteiger partial charge in [-0.05, 0) is 12.1 Å². The first-order chi connectivity index (χ1) is 9.94. The van der Waals surface area contributed by atoms with Crippen LogP contribution >= 0.6 is 0 Å². The Hall–Kier alpha value is -2.38. The number of hydrogen-bond acceptors (Lipinski definition) is 6. The van der Waals surface area contributed by atoms with Crippen LogP contribution in [0.3, 0.4) is 0 Å². The van der Waals surface area contributed by atoms with Gasteiger partial charge in [0, 0.05) is 6.42 Å². The molecule has 0 saturated carbocycles. The SMILES string of the molecule is O=C1N[C@@H]2Cc3oc4cccc(O)c4c(=O)c3[C@@]1(O)[C@@H]2O. The highest BCUT2D eigenvalue weighted by atomic mass is 16.4. The van der Waals surface area contributed by atoms with Gasteiger partial charge in [-0.1, -0.05) is 6.07 Å². The fourth-order valence-corrected chi connectivity index (χ4v) is 3.20. The fraction of sp³-hybridized carbons (Fsp3) is 0.286. The lowest BCUT2D eigenvalue weighted by Gasteiger charge is -2.30. The lowest BCUT2D eigenvalue weighted by molar-refractivity contribution is -0.145. The number of aliphatic hydroxyl groups is 2. The van der Waals surface area contributed by atoms with Gasteiger partial charge in [0.15, 0.2) is 0 Å². The summed E-state index contributed by atoms with van der Waals surface area (Å²) < 4.78 is 5.57. The molecule has 2 aliphatic rings. The van der Waals surface area contributed by atoms with Crippen LogP contribution in [0, 0.1) is 0 Å². The predicted octanol–water partition coefficient (Wildman–Crippen LogP) is -0.898. The second-order valence-corrected chi connectivity index (χ2v) is 5.37. The number of benzene rings is 1. The molecular formula is C14H11NO6. The van der Waals surface area contributed by atoms with Crippen molar-refractivity contribution < 1.29 is 24.5 Å². The van der Waals surface area contributed by atoms with Crippen LogP contribution in [0.5, 0.6) is 5.75 Å². The minimum absolute atomic E-state index is 0.103. The van der Waals surface area contributed by atoms with Crippen LogP contribution in [-0.4, -0.2) is 33.4 Å². The van der Waals surface area contributed by atoms with Gasteiger partial charge in [-0.3, -0.25) is 9.59 Å². The average molecular weight is 289 g/mol. The summed E-state index contributed by atoms with van der Waals surface area (Å²) in [5.74, 6) is -0.988. The maximum absolute atomic E-state index is 12.6. The van der Waals surface area contributed by atoms with Crippen LogP contribution in [0.1, 0.15) is 11.3 Å². The first-order valence-corrected chi connectivity index (χ1v) is 6.44. The van der Waals surface area contributed by atoms with Crippen molar-refractivity contribution in [3.63, 3.8) is 0 Å². The van der Waals surface area contributed by atoms with E-state index in [1.165, 1.54) is 18.2 Å². The quantitative estimate of drug-likeness (QED) is 0.499. The van der Waals surface area contributed by atoms with Gasteiger partial charge in [-0.25, -0.2) is 0 Å². The zero-order valence-corrected chi connectivity index (χ0v) is 10.7. The Labute approximate surface area is 117 Å². The van der Waals surface area contributed by atoms with Crippen molar-refractivity contribution in [3.8, 4) is 5.75 Å². The summed E-state index contributed by atoms with van der Waals surface area (Å²) >= 11 is 0. The summed E-state index contributed by atoms with van der Waals surface area (Å²) in [6, 6.07) is 3.65. The van der Waals surface area contributed by atoms with Gasteiger partial charge in [0.25, 0.3) is 5.91 Å². The molecule has 2 aromatic rings. The Kier molecular flexibility index (Phi) is 2.14. The molecule has 0 spiro atoms. The number of aromatic hydroxyl groups is 1. The Morgan fingerprint density at radius 2 is 2.10 bits per heavy atom. The molecule has 2 heterocycles. The van der Waals surface area contributed by atoms with Gasteiger partial charge in [0.2, 0.25) is 11.0 Å². The number of nitrogens with one attached hydrogen (secondary N) is 1. The van der Waals surface area contributed by atoms with Crippen LogP contribution in [-0.2, 0) is 16.8 Å². The average Bonchev–Trinajstić information content (AvgIpc) is 2.57. The summed E-state index contributed by atoms with van der Waals surface area (Å²) in [5.41, 5.74) is -3.17. The van der Waals surface area contributed by atoms with E-state index in [4.69, 9.17) is 4.42 Å². The highest BCUT2D eigenvalue weighted by Gasteiger charge is 2.61. The fourth-order valence-electron chi connectivity index (χ4n) is 3.20. The Morgan fingerprint density at radius 1 is 1.33 bits per heavy atom. The second kappa shape index (κ2) is 3.63. The molecule has 21 heavy (non-hydrogen) atoms. The van der Waals surface area contributed by atoms with Gasteiger partial charge in [-0.2, -0.15) is 0 Å². The van der Waals surface area contributed by atoms with E-state index in [9.17, 15) is 24.9 Å². The van der Waals surface area contributed by atoms with Crippen molar-refractivity contribution in [1.29, 1.82) is 0 Å². The van der Waals surface area contributed by atoms with Crippen LogP contribution in [0.25, 0.3) is 11.0 Å². The van der Waals surface area contributed by atoms with E-state index in [1.807, 2.05) is 0 Å². The van der Waals surface area contributed by atoms with E-state index in [0.29, 0.717) is 0 Å². The zero-order chi connectivity index (χ0) is 14.9. The van der Waals surface area contributed by atoms with Crippen molar-refractivity contribution in [2.75, 3.05) is 0 Å². The number of carbonyl (C=O) groups excluding carboxylic acids is 1. The van der Waals surface area contributed by atoms with E-state index in [-0.39, 0.29) is 34.5 Å². The van der Waals surface area contributed by atoms with Crippen LogP contribution < -0.4 is 10.7 Å². The molecule has 7 heteroatoms. The molecule has 108 valence electrons. The largest absolute Gasteiger partial charge is 0.507 e. The third-order valence-electron chi connectivity index (χ3n) is 4.23. The molecule has 1 aromatic heterocycles. The molecule has 4 rings (SSSR count). The molecule has 1 amide bonds. The Bertz CT molecular complexity index is 856. The molecule has 4 N–H and O–H groups in total. The highest BCUT2D eigenvalue weighted by molar-refractivity contribution is 5.93. The second-order valence-electron chi connectivity index (χ2n) is 5.37. The maximum Gasteiger partial charge on any atom is 0.260 e. The van der Waals surface area contributed by atoms with Crippen molar-refractivity contribution in [3.05, 3.63) is 39.7 Å². The van der Waals surface area contributed by atoms with E-state index in [2.05, 4.69) is 5.32 Å². The van der Waals surface area contributed by atoms with Crippen molar-refractivity contribution in [2.24, 2.45) is 0 Å². The summed E-state index contributed by atoms with van der Waals surface area (Å²) in [6.07, 6.45) is -1.32. The monoisotopic (exact) mass is 289 g/mol. The number of rotatable bonds is 0. The first kappa shape index (κ1) is 12.4. The number of phenols is 1. The molecule has 1 aromatic carbocycles. The molecule has 0 radical (unpaired) electrons. The third-order valence-corrected chi connectivity index (χ3v) is 4.23. The Morgan fingerprint density at radius 3 is 2.86 bits per heavy atom. The number of phenolic OH excluding ortho intramolecular Hbond substituents is 1. The molecule has 7 nitrogen and oxygen atoms in total. The molecular weight excluding hydrogens is 278 g/mol. The Balaban J connectivity index is 2.17. The zero-order valence-electron chi connectivity index (χ0n) is 10.7. The predicted molar refractivity (Wildman–Crippen MR) is 69.7 cm³/mol. The van der Waals surface area contributed by atoms with Crippen LogP contribution in [0.4, 0.5) is 0 Å². The lowest BCUT2D eigenvalue weighted by Crippen LogP contribution is -2.50. The van der Waals surface area contributed by atoms with Gasteiger partial charge in [-0.15, -0.1) is 0 Å². The number of aliphatic hydroxyl groups excluding tert-OH is 1. The normalized spacial score (nSPS) is 30.3. The van der Waals surface area contributed by atoms with Crippen molar-refractivity contribution in [1.82, 2.24) is 5.32 Å². The van der Waals surface area contributed by atoms with E-state index < -0.39 is 29.1 Å². The third kappa shape index (κ3) is 1.29. The van der Waals surface area contributed by atoms with E-state index in [1.54, 1.807) is 0 Å². The molecule has 2 bridgehead atoms. The minimum atomic E-state index is -2.34. The first-order valence-electron chi connectivity index (χ1n) is 6.44. The molecule has 0 unspecified atom stereocenters. The summed E-state index contributed by atoms with van der Waals surface area (Å²) in [6.45, 7) is 0. The van der Waals surface area contributed by atoms with Crippen LogP contribution in [0.2, 0.25) is 0 Å². The van der Waals surface area contributed by atoms with Gasteiger partial charge in [0.1, 0.15) is 28.6 Å². The topological polar surface area (TPSA) is 120 Å². The molecule has 3 atom stereocenters. The van der Waals surface area contributed by atoms with Crippen molar-refractivity contribution in [2.45, 2.75) is 24.2 Å². The molecule has 1 fully saturated rings. The molecule has 1 saturated heterocycles. The summed E-state index contributed by atoms with van der Waals surface area (Å²) in [4.78, 5) is 24.6. The standard InChI is InChI=1S/C14H11NO6/c16-6-2-1-3-7-9(6)11(17)10-8(21-7)4-5-12(18)14(10,20)13(19)15-5/h1-3,5,12,16,18,20H,4H2,(H,15,19)/t5-,12-,14-/m1/s1. The summed E-state index contributed by atoms with van der Waals surface area (Å²) in [5, 5.41) is 32.8. The van der Waals surface area contributed by atoms with Gasteiger partial charge in [0.05, 0.1) is 11.6 Å². The number of carbonyl (C=O) groups is 1. The number of fused-ring (bicyclic) bond motifs is 5. The maximum atomic E-state index is 12.6. The summed E-state index contributed by atoms with van der Waals surface area (Å²) in [7, 11) is 0. The molecule has 1 aliphatic carbocycles. The smallest absolute Gasteiger partial charge is 0.260 e. The van der Waals surface area contributed by atoms with E-state index >= 15 is 0 Å². The van der Waals surface area contributed by atoms with Gasteiger partial charge < -0.3 is 25.1 Å². The lowest BCUT2D eigenvalue weighted by atomic mass is 9.80. The number of hydrogen-bond donors (Lipinski definition) is 4. The molecule has 1 aliphatic heterocycles. The van der Waals surface area contributed by atoms with Crippen LogP contribution in [0.15, 0.2) is 27.4 Å². The highest BCUT2D eigenvalue weighted by Crippen LogP contribution is 2.40. The van der Waals surface area contributed by atoms with E-state index in [0.717, 1.165) is 0 Å². The van der Waals surface area contributed by atoms with Crippen molar-refractivity contribution >= 4 is 16.9 Å². The van der Waals surface area contributed by atoms with Gasteiger partial charge >= 0.3 is 0 Å². The minimum Gasteiger partial charge on any atom is -0.507 e.